The molecule has 1 aliphatic heterocycles. The number of halogens is 3. The zero-order chi connectivity index (χ0) is 21.2. The van der Waals surface area contributed by atoms with Crippen molar-refractivity contribution in [3.05, 3.63) is 47.0 Å². The first-order valence-electron chi connectivity index (χ1n) is 9.73. The number of rotatable bonds is 4. The number of nitrogens with one attached hydrogen (secondary N) is 1. The van der Waals surface area contributed by atoms with Gasteiger partial charge in [0.1, 0.15) is 11.9 Å². The predicted octanol–water partition coefficient (Wildman–Crippen LogP) is 3.56. The van der Waals surface area contributed by atoms with Crippen molar-refractivity contribution in [2.75, 3.05) is 19.6 Å². The Morgan fingerprint density at radius 3 is 2.48 bits per heavy atom. The largest absolute Gasteiger partial charge is 0.416 e. The van der Waals surface area contributed by atoms with E-state index in [1.54, 1.807) is 0 Å². The molecule has 1 N–H and O–H groups in total. The summed E-state index contributed by atoms with van der Waals surface area (Å²) < 4.78 is 38.4. The van der Waals surface area contributed by atoms with E-state index in [1.165, 1.54) is 12.1 Å². The molecule has 1 saturated heterocycles. The van der Waals surface area contributed by atoms with Crippen molar-refractivity contribution in [3.63, 3.8) is 0 Å². The molecule has 3 rings (SSSR count). The van der Waals surface area contributed by atoms with E-state index >= 15 is 0 Å². The first-order valence-corrected chi connectivity index (χ1v) is 9.73. The molecule has 0 radical (unpaired) electrons. The van der Waals surface area contributed by atoms with Crippen LogP contribution in [0.15, 0.2) is 24.3 Å². The van der Waals surface area contributed by atoms with E-state index in [-0.39, 0.29) is 17.9 Å². The Morgan fingerprint density at radius 1 is 1.24 bits per heavy atom. The number of hydrogen-bond donors (Lipinski definition) is 1. The summed E-state index contributed by atoms with van der Waals surface area (Å²) in [5, 5.41) is 7.11. The molecule has 9 heteroatoms. The molecule has 0 bridgehead atoms. The summed E-state index contributed by atoms with van der Waals surface area (Å²) in [7, 11) is 0. The topological polar surface area (TPSA) is 65.1 Å². The molecule has 1 unspecified atom stereocenters. The molecule has 2 aromatic rings. The molecule has 6 nitrogen and oxygen atoms in total. The normalized spacial score (nSPS) is 18.9. The van der Waals surface area contributed by atoms with Crippen LogP contribution in [0.2, 0.25) is 0 Å². The van der Waals surface area contributed by atoms with Crippen LogP contribution in [0.4, 0.5) is 13.2 Å². The maximum Gasteiger partial charge on any atom is 0.416 e. The summed E-state index contributed by atoms with van der Waals surface area (Å²) in [4.78, 5) is 21.2. The summed E-state index contributed by atoms with van der Waals surface area (Å²) in [6, 6.07) is 4.94. The third-order valence-electron chi connectivity index (χ3n) is 5.06. The fourth-order valence-corrected chi connectivity index (χ4v) is 3.58. The number of H-pyrrole nitrogens is 1. The quantitative estimate of drug-likeness (QED) is 0.839. The Kier molecular flexibility index (Phi) is 6.26. The number of carbonyl (C=O) groups excluding carboxylic acids is 1. The summed E-state index contributed by atoms with van der Waals surface area (Å²) in [5.41, 5.74) is 0.145. The fourth-order valence-electron chi connectivity index (χ4n) is 3.58. The molecular formula is C20H26F3N5O. The smallest absolute Gasteiger partial charge is 0.331 e. The molecular weight excluding hydrogens is 383 g/mol. The molecule has 1 atom stereocenters. The average Bonchev–Trinajstić information content (AvgIpc) is 2.97. The highest BCUT2D eigenvalue weighted by Crippen LogP contribution is 2.30. The van der Waals surface area contributed by atoms with E-state index in [1.807, 2.05) is 25.7 Å². The molecule has 29 heavy (non-hydrogen) atoms. The first-order chi connectivity index (χ1) is 13.6. The van der Waals surface area contributed by atoms with Gasteiger partial charge in [0, 0.05) is 32.1 Å². The van der Waals surface area contributed by atoms with Crippen LogP contribution >= 0.6 is 0 Å². The molecule has 0 spiro atoms. The van der Waals surface area contributed by atoms with E-state index in [4.69, 9.17) is 0 Å². The Labute approximate surface area is 168 Å². The van der Waals surface area contributed by atoms with Crippen molar-refractivity contribution < 1.29 is 18.0 Å². The number of amides is 1. The number of carbonyl (C=O) groups is 1. The summed E-state index contributed by atoms with van der Waals surface area (Å²) in [6.45, 7) is 7.91. The highest BCUT2D eigenvalue weighted by molar-refractivity contribution is 5.78. The predicted molar refractivity (Wildman–Crippen MR) is 102 cm³/mol. The van der Waals surface area contributed by atoms with Crippen LogP contribution in [0.5, 0.6) is 0 Å². The highest BCUT2D eigenvalue weighted by atomic mass is 19.4. The van der Waals surface area contributed by atoms with Crippen molar-refractivity contribution in [3.8, 4) is 0 Å². The van der Waals surface area contributed by atoms with Gasteiger partial charge in [-0.3, -0.25) is 14.8 Å². The van der Waals surface area contributed by atoms with E-state index in [2.05, 4.69) is 20.1 Å². The Balaban J connectivity index is 1.80. The van der Waals surface area contributed by atoms with Gasteiger partial charge in [0.05, 0.1) is 5.56 Å². The lowest BCUT2D eigenvalue weighted by Gasteiger charge is -2.31. The SMILES string of the molecule is Cc1nc(C2CN(Cc3ccc(C(F)(F)F)cc3)CCCN2C(=O)C(C)C)n[nH]1. The number of hydrogen-bond acceptors (Lipinski definition) is 4. The van der Waals surface area contributed by atoms with Gasteiger partial charge in [-0.2, -0.15) is 18.3 Å². The second-order valence-corrected chi connectivity index (χ2v) is 7.76. The van der Waals surface area contributed by atoms with Crippen LogP contribution in [0.3, 0.4) is 0 Å². The Hall–Kier alpha value is -2.42. The lowest BCUT2D eigenvalue weighted by atomic mass is 10.1. The molecule has 1 aromatic heterocycles. The second kappa shape index (κ2) is 8.52. The zero-order valence-corrected chi connectivity index (χ0v) is 16.8. The van der Waals surface area contributed by atoms with Gasteiger partial charge in [0.15, 0.2) is 5.82 Å². The summed E-state index contributed by atoms with van der Waals surface area (Å²) >= 11 is 0. The first kappa shape index (κ1) is 21.3. The fraction of sp³-hybridized carbons (Fsp3) is 0.550. The third kappa shape index (κ3) is 5.14. The van der Waals surface area contributed by atoms with Crippen LogP contribution in [-0.2, 0) is 17.5 Å². The Morgan fingerprint density at radius 2 is 1.93 bits per heavy atom. The minimum atomic E-state index is -4.34. The van der Waals surface area contributed by atoms with E-state index in [9.17, 15) is 18.0 Å². The minimum Gasteiger partial charge on any atom is -0.331 e. The van der Waals surface area contributed by atoms with Crippen LogP contribution < -0.4 is 0 Å². The van der Waals surface area contributed by atoms with Gasteiger partial charge in [-0.25, -0.2) is 4.98 Å². The van der Waals surface area contributed by atoms with E-state index in [0.717, 1.165) is 30.7 Å². The molecule has 1 amide bonds. The van der Waals surface area contributed by atoms with Gasteiger partial charge in [-0.15, -0.1) is 0 Å². The van der Waals surface area contributed by atoms with Crippen molar-refractivity contribution in [2.24, 2.45) is 5.92 Å². The minimum absolute atomic E-state index is 0.0498. The maximum atomic E-state index is 12.8. The lowest BCUT2D eigenvalue weighted by molar-refractivity contribution is -0.138. The zero-order valence-electron chi connectivity index (χ0n) is 16.8. The van der Waals surface area contributed by atoms with Gasteiger partial charge in [-0.1, -0.05) is 26.0 Å². The van der Waals surface area contributed by atoms with Crippen LogP contribution in [0, 0.1) is 12.8 Å². The standard InChI is InChI=1S/C20H26F3N5O/c1-13(2)19(29)28-10-4-9-27(12-17(28)18-24-14(3)25-26-18)11-15-5-7-16(8-6-15)20(21,22)23/h5-8,13,17H,4,9-12H2,1-3H3,(H,24,25,26). The number of nitrogens with zero attached hydrogens (tertiary/aromatic N) is 4. The van der Waals surface area contributed by atoms with Gasteiger partial charge in [-0.05, 0) is 31.0 Å². The van der Waals surface area contributed by atoms with Gasteiger partial charge >= 0.3 is 6.18 Å². The maximum absolute atomic E-state index is 12.8. The third-order valence-corrected chi connectivity index (χ3v) is 5.06. The van der Waals surface area contributed by atoms with Crippen LogP contribution in [0.25, 0.3) is 0 Å². The van der Waals surface area contributed by atoms with Crippen molar-refractivity contribution in [2.45, 2.75) is 46.0 Å². The molecule has 0 aliphatic carbocycles. The molecule has 1 aromatic carbocycles. The van der Waals surface area contributed by atoms with Crippen LogP contribution in [0.1, 0.15) is 49.1 Å². The number of aromatic nitrogens is 3. The van der Waals surface area contributed by atoms with Crippen molar-refractivity contribution >= 4 is 5.91 Å². The summed E-state index contributed by atoms with van der Waals surface area (Å²) in [6.07, 6.45) is -3.56. The number of benzene rings is 1. The summed E-state index contributed by atoms with van der Waals surface area (Å²) in [5.74, 6) is 1.15. The van der Waals surface area contributed by atoms with Gasteiger partial charge < -0.3 is 4.90 Å². The second-order valence-electron chi connectivity index (χ2n) is 7.76. The lowest BCUT2D eigenvalue weighted by Crippen LogP contribution is -2.41. The van der Waals surface area contributed by atoms with E-state index < -0.39 is 11.7 Å². The van der Waals surface area contributed by atoms with Crippen molar-refractivity contribution in [1.29, 1.82) is 0 Å². The Bertz CT molecular complexity index is 831. The van der Waals surface area contributed by atoms with Gasteiger partial charge in [0.2, 0.25) is 5.91 Å². The van der Waals surface area contributed by atoms with E-state index in [0.29, 0.717) is 31.3 Å². The number of alkyl halides is 3. The molecule has 1 aliphatic rings. The number of aromatic amines is 1. The van der Waals surface area contributed by atoms with Crippen LogP contribution in [-0.4, -0.2) is 50.5 Å². The molecule has 2 heterocycles. The van der Waals surface area contributed by atoms with Crippen molar-refractivity contribution in [1.82, 2.24) is 25.0 Å². The molecule has 1 fully saturated rings. The average molecular weight is 409 g/mol. The number of aryl methyl sites for hydroxylation is 1. The molecule has 0 saturated carbocycles. The monoisotopic (exact) mass is 409 g/mol. The molecule has 158 valence electrons. The van der Waals surface area contributed by atoms with Gasteiger partial charge in [0.25, 0.3) is 0 Å². The highest BCUT2D eigenvalue weighted by Gasteiger charge is 2.33.